The number of rotatable bonds is 5. The van der Waals surface area contributed by atoms with Gasteiger partial charge in [0.05, 0.1) is 6.42 Å². The number of hydrogen-bond donors (Lipinski definition) is 2. The molecule has 2 N–H and O–H groups in total. The van der Waals surface area contributed by atoms with E-state index in [1.165, 1.54) is 6.42 Å². The summed E-state index contributed by atoms with van der Waals surface area (Å²) in [4.78, 5) is 22.4. The summed E-state index contributed by atoms with van der Waals surface area (Å²) in [6.45, 7) is 5.39. The number of piperidine rings is 1. The summed E-state index contributed by atoms with van der Waals surface area (Å²) >= 11 is 0. The van der Waals surface area contributed by atoms with Gasteiger partial charge in [0.15, 0.2) is 0 Å². The van der Waals surface area contributed by atoms with E-state index in [1.54, 1.807) is 13.8 Å². The van der Waals surface area contributed by atoms with Crippen LogP contribution in [0.1, 0.15) is 46.0 Å². The maximum absolute atomic E-state index is 11.8. The van der Waals surface area contributed by atoms with Crippen molar-refractivity contribution in [3.05, 3.63) is 0 Å². The van der Waals surface area contributed by atoms with E-state index < -0.39 is 11.4 Å². The molecule has 0 saturated carbocycles. The molecule has 0 aromatic rings. The second-order valence-electron chi connectivity index (χ2n) is 5.49. The smallest absolute Gasteiger partial charge is 0.303 e. The molecule has 0 aliphatic carbocycles. The maximum Gasteiger partial charge on any atom is 0.303 e. The van der Waals surface area contributed by atoms with Gasteiger partial charge >= 0.3 is 5.97 Å². The molecule has 5 heteroatoms. The van der Waals surface area contributed by atoms with Crippen molar-refractivity contribution in [1.29, 1.82) is 0 Å². The predicted molar refractivity (Wildman–Crippen MR) is 64.2 cm³/mol. The molecule has 98 valence electrons. The Hall–Kier alpha value is -1.10. The summed E-state index contributed by atoms with van der Waals surface area (Å²) < 4.78 is 0. The van der Waals surface area contributed by atoms with E-state index in [4.69, 9.17) is 5.11 Å². The van der Waals surface area contributed by atoms with E-state index in [-0.39, 0.29) is 18.7 Å². The summed E-state index contributed by atoms with van der Waals surface area (Å²) in [6.07, 6.45) is 3.70. The van der Waals surface area contributed by atoms with Crippen LogP contribution in [0.4, 0.5) is 0 Å². The predicted octanol–water partition coefficient (Wildman–Crippen LogP) is 1.39. The first-order chi connectivity index (χ1) is 7.89. The number of aliphatic carboxylic acids is 1. The van der Waals surface area contributed by atoms with Crippen LogP contribution in [0.25, 0.3) is 0 Å². The van der Waals surface area contributed by atoms with Gasteiger partial charge in [-0.1, -0.05) is 20.3 Å². The highest BCUT2D eigenvalue weighted by molar-refractivity contribution is 5.77. The number of hydrogen-bond acceptors (Lipinski definition) is 3. The van der Waals surface area contributed by atoms with Gasteiger partial charge in [-0.3, -0.25) is 15.0 Å². The van der Waals surface area contributed by atoms with Gasteiger partial charge in [0.2, 0.25) is 5.91 Å². The average molecular weight is 242 g/mol. The van der Waals surface area contributed by atoms with Crippen LogP contribution < -0.4 is 5.43 Å². The van der Waals surface area contributed by atoms with Crippen LogP contribution >= 0.6 is 0 Å². The highest BCUT2D eigenvalue weighted by atomic mass is 16.4. The van der Waals surface area contributed by atoms with E-state index in [0.717, 1.165) is 25.9 Å². The Bertz CT molecular complexity index is 283. The molecule has 1 amide bonds. The molecular weight excluding hydrogens is 220 g/mol. The number of carbonyl (C=O) groups excluding carboxylic acids is 1. The fraction of sp³-hybridized carbons (Fsp3) is 0.833. The summed E-state index contributed by atoms with van der Waals surface area (Å²) in [5.41, 5.74) is 2.36. The van der Waals surface area contributed by atoms with E-state index >= 15 is 0 Å². The lowest BCUT2D eigenvalue weighted by molar-refractivity contribution is -0.140. The number of nitrogens with one attached hydrogen (secondary N) is 1. The lowest BCUT2D eigenvalue weighted by Gasteiger charge is -2.29. The highest BCUT2D eigenvalue weighted by Gasteiger charge is 2.26. The van der Waals surface area contributed by atoms with Crippen LogP contribution in [0.2, 0.25) is 0 Å². The molecule has 0 radical (unpaired) electrons. The van der Waals surface area contributed by atoms with Crippen molar-refractivity contribution in [2.45, 2.75) is 46.0 Å². The Kier molecular flexibility index (Phi) is 4.93. The average Bonchev–Trinajstić information content (AvgIpc) is 2.15. The standard InChI is InChI=1S/C12H22N2O3/c1-12(2,9-11(16)17)8-10(15)13-14-6-4-3-5-7-14/h3-9H2,1-2H3,(H,13,15)(H,16,17). The van der Waals surface area contributed by atoms with E-state index in [2.05, 4.69) is 5.43 Å². The molecule has 0 aromatic heterocycles. The van der Waals surface area contributed by atoms with Gasteiger partial charge in [0, 0.05) is 19.5 Å². The minimum absolute atomic E-state index is 0.0143. The molecular formula is C12H22N2O3. The summed E-state index contributed by atoms with van der Waals surface area (Å²) in [7, 11) is 0. The molecule has 1 aliphatic rings. The normalized spacial score (nSPS) is 17.8. The fourth-order valence-corrected chi connectivity index (χ4v) is 2.13. The number of carbonyl (C=O) groups is 2. The van der Waals surface area contributed by atoms with Gasteiger partial charge in [-0.05, 0) is 18.3 Å². The van der Waals surface area contributed by atoms with Gasteiger partial charge in [-0.2, -0.15) is 0 Å². The molecule has 1 fully saturated rings. The van der Waals surface area contributed by atoms with Crippen molar-refractivity contribution in [1.82, 2.24) is 10.4 Å². The van der Waals surface area contributed by atoms with Crippen molar-refractivity contribution < 1.29 is 14.7 Å². The maximum atomic E-state index is 11.8. The van der Waals surface area contributed by atoms with Gasteiger partial charge in [-0.25, -0.2) is 5.01 Å². The van der Waals surface area contributed by atoms with Crippen molar-refractivity contribution in [2.24, 2.45) is 5.41 Å². The first kappa shape index (κ1) is 14.0. The molecule has 1 aliphatic heterocycles. The SMILES string of the molecule is CC(C)(CC(=O)O)CC(=O)NN1CCCCC1. The molecule has 0 bridgehead atoms. The third-order valence-electron chi connectivity index (χ3n) is 2.91. The van der Waals surface area contributed by atoms with Crippen molar-refractivity contribution in [2.75, 3.05) is 13.1 Å². The van der Waals surface area contributed by atoms with Crippen LogP contribution in [0.5, 0.6) is 0 Å². The zero-order valence-corrected chi connectivity index (χ0v) is 10.7. The van der Waals surface area contributed by atoms with E-state index in [9.17, 15) is 9.59 Å². The van der Waals surface area contributed by atoms with Crippen LogP contribution in [0.3, 0.4) is 0 Å². The number of hydrazine groups is 1. The van der Waals surface area contributed by atoms with Crippen LogP contribution in [0.15, 0.2) is 0 Å². The Morgan fingerprint density at radius 3 is 2.29 bits per heavy atom. The third-order valence-corrected chi connectivity index (χ3v) is 2.91. The van der Waals surface area contributed by atoms with Gasteiger partial charge in [-0.15, -0.1) is 0 Å². The molecule has 0 atom stereocenters. The lowest BCUT2D eigenvalue weighted by atomic mass is 9.85. The van der Waals surface area contributed by atoms with Gasteiger partial charge in [0.25, 0.3) is 0 Å². The topological polar surface area (TPSA) is 69.6 Å². The third kappa shape index (κ3) is 5.68. The van der Waals surface area contributed by atoms with Crippen LogP contribution in [-0.2, 0) is 9.59 Å². The molecule has 1 rings (SSSR count). The van der Waals surface area contributed by atoms with Crippen LogP contribution in [0, 0.1) is 5.41 Å². The lowest BCUT2D eigenvalue weighted by Crippen LogP contribution is -2.46. The molecule has 1 saturated heterocycles. The first-order valence-electron chi connectivity index (χ1n) is 6.15. The Labute approximate surface area is 102 Å². The van der Waals surface area contributed by atoms with Gasteiger partial charge in [0.1, 0.15) is 0 Å². The molecule has 0 unspecified atom stereocenters. The number of carboxylic acid groups (broad SMARTS) is 1. The quantitative estimate of drug-likeness (QED) is 0.764. The number of carboxylic acids is 1. The minimum atomic E-state index is -0.860. The molecule has 0 spiro atoms. The molecule has 0 aromatic carbocycles. The fourth-order valence-electron chi connectivity index (χ4n) is 2.13. The minimum Gasteiger partial charge on any atom is -0.481 e. The Balaban J connectivity index is 2.34. The zero-order chi connectivity index (χ0) is 12.9. The van der Waals surface area contributed by atoms with Crippen LogP contribution in [-0.4, -0.2) is 35.1 Å². The number of nitrogens with zero attached hydrogens (tertiary/aromatic N) is 1. The van der Waals surface area contributed by atoms with Gasteiger partial charge < -0.3 is 5.11 Å². The molecule has 17 heavy (non-hydrogen) atoms. The summed E-state index contributed by atoms with van der Waals surface area (Å²) in [5.74, 6) is -0.945. The number of amides is 1. The van der Waals surface area contributed by atoms with E-state index in [1.807, 2.05) is 5.01 Å². The van der Waals surface area contributed by atoms with Crippen molar-refractivity contribution in [3.8, 4) is 0 Å². The summed E-state index contributed by atoms with van der Waals surface area (Å²) in [5, 5.41) is 10.7. The second-order valence-corrected chi connectivity index (χ2v) is 5.49. The highest BCUT2D eigenvalue weighted by Crippen LogP contribution is 2.24. The molecule has 1 heterocycles. The Morgan fingerprint density at radius 2 is 1.76 bits per heavy atom. The van der Waals surface area contributed by atoms with Crippen molar-refractivity contribution in [3.63, 3.8) is 0 Å². The summed E-state index contributed by atoms with van der Waals surface area (Å²) in [6, 6.07) is 0. The Morgan fingerprint density at radius 1 is 1.18 bits per heavy atom. The first-order valence-corrected chi connectivity index (χ1v) is 6.15. The van der Waals surface area contributed by atoms with E-state index in [0.29, 0.717) is 0 Å². The second kappa shape index (κ2) is 6.00. The zero-order valence-electron chi connectivity index (χ0n) is 10.7. The van der Waals surface area contributed by atoms with Crippen molar-refractivity contribution >= 4 is 11.9 Å². The monoisotopic (exact) mass is 242 g/mol. The molecule has 5 nitrogen and oxygen atoms in total. The largest absolute Gasteiger partial charge is 0.481 e.